The standard InChI is InChI=1S/C19H20F2N2O3/c1-12(16-8-7-15(20)9-17(16)21)22-11-18(24)23-10-13-3-5-14(6-4-13)19(25)26-2/h3-9,12,22H,10-11H2,1-2H3,(H,23,24)/t12-/m0/s1. The van der Waals surface area contributed by atoms with Gasteiger partial charge in [-0.25, -0.2) is 13.6 Å². The van der Waals surface area contributed by atoms with Crippen LogP contribution in [-0.4, -0.2) is 25.5 Å². The molecule has 0 aliphatic heterocycles. The van der Waals surface area contributed by atoms with Crippen LogP contribution < -0.4 is 10.6 Å². The lowest BCUT2D eigenvalue weighted by Gasteiger charge is -2.15. The van der Waals surface area contributed by atoms with Crippen molar-refractivity contribution in [2.24, 2.45) is 0 Å². The normalized spacial score (nSPS) is 11.7. The fraction of sp³-hybridized carbons (Fsp3) is 0.263. The van der Waals surface area contributed by atoms with E-state index in [4.69, 9.17) is 0 Å². The van der Waals surface area contributed by atoms with Crippen molar-refractivity contribution < 1.29 is 23.1 Å². The molecule has 0 unspecified atom stereocenters. The molecule has 2 rings (SSSR count). The molecule has 0 aromatic heterocycles. The van der Waals surface area contributed by atoms with E-state index in [1.807, 2.05) is 0 Å². The summed E-state index contributed by atoms with van der Waals surface area (Å²) in [6.07, 6.45) is 0. The minimum atomic E-state index is -0.656. The number of esters is 1. The Labute approximate surface area is 150 Å². The Morgan fingerprint density at radius 1 is 1.12 bits per heavy atom. The summed E-state index contributed by atoms with van der Waals surface area (Å²) in [7, 11) is 1.31. The summed E-state index contributed by atoms with van der Waals surface area (Å²) in [5.41, 5.74) is 1.54. The number of hydrogen-bond donors (Lipinski definition) is 2. The van der Waals surface area contributed by atoms with Gasteiger partial charge in [0.25, 0.3) is 0 Å². The maximum absolute atomic E-state index is 13.7. The Balaban J connectivity index is 1.80. The first-order valence-corrected chi connectivity index (χ1v) is 8.03. The first-order valence-electron chi connectivity index (χ1n) is 8.03. The van der Waals surface area contributed by atoms with E-state index in [1.165, 1.54) is 19.2 Å². The third-order valence-corrected chi connectivity index (χ3v) is 3.86. The van der Waals surface area contributed by atoms with Gasteiger partial charge in [-0.3, -0.25) is 4.79 Å². The van der Waals surface area contributed by atoms with Crippen molar-refractivity contribution in [1.82, 2.24) is 10.6 Å². The highest BCUT2D eigenvalue weighted by molar-refractivity contribution is 5.89. The predicted octanol–water partition coefficient (Wildman–Crippen LogP) is 2.72. The number of benzene rings is 2. The highest BCUT2D eigenvalue weighted by Gasteiger charge is 2.13. The number of nitrogens with one attached hydrogen (secondary N) is 2. The molecule has 2 aromatic rings. The van der Waals surface area contributed by atoms with Crippen LogP contribution in [0.3, 0.4) is 0 Å². The van der Waals surface area contributed by atoms with E-state index in [0.717, 1.165) is 11.6 Å². The number of ether oxygens (including phenoxy) is 1. The van der Waals surface area contributed by atoms with Crippen LogP contribution in [0, 0.1) is 11.6 Å². The lowest BCUT2D eigenvalue weighted by atomic mass is 10.1. The van der Waals surface area contributed by atoms with Gasteiger partial charge < -0.3 is 15.4 Å². The molecule has 0 spiro atoms. The molecule has 0 aliphatic rings. The largest absolute Gasteiger partial charge is 0.465 e. The maximum atomic E-state index is 13.7. The van der Waals surface area contributed by atoms with Gasteiger partial charge >= 0.3 is 5.97 Å². The van der Waals surface area contributed by atoms with E-state index in [-0.39, 0.29) is 18.0 Å². The van der Waals surface area contributed by atoms with Gasteiger partial charge in [0.2, 0.25) is 5.91 Å². The molecule has 0 saturated heterocycles. The smallest absolute Gasteiger partial charge is 0.337 e. The number of carbonyl (C=O) groups is 2. The second kappa shape index (κ2) is 9.05. The van der Waals surface area contributed by atoms with Crippen LogP contribution in [0.1, 0.15) is 34.5 Å². The van der Waals surface area contributed by atoms with Crippen molar-refractivity contribution in [1.29, 1.82) is 0 Å². The molecular weight excluding hydrogens is 342 g/mol. The summed E-state index contributed by atoms with van der Waals surface area (Å²) in [4.78, 5) is 23.3. The van der Waals surface area contributed by atoms with Crippen LogP contribution in [-0.2, 0) is 16.1 Å². The van der Waals surface area contributed by atoms with Gasteiger partial charge in [0.1, 0.15) is 11.6 Å². The molecule has 0 aliphatic carbocycles. The predicted molar refractivity (Wildman–Crippen MR) is 92.4 cm³/mol. The average molecular weight is 362 g/mol. The number of methoxy groups -OCH3 is 1. The van der Waals surface area contributed by atoms with E-state index >= 15 is 0 Å². The summed E-state index contributed by atoms with van der Waals surface area (Å²) in [5.74, 6) is -1.99. The molecule has 2 N–H and O–H groups in total. The van der Waals surface area contributed by atoms with Crippen LogP contribution >= 0.6 is 0 Å². The number of amides is 1. The molecule has 2 aromatic carbocycles. The summed E-state index contributed by atoms with van der Waals surface area (Å²) in [6.45, 7) is 1.97. The molecule has 0 bridgehead atoms. The Morgan fingerprint density at radius 2 is 1.81 bits per heavy atom. The highest BCUT2D eigenvalue weighted by Crippen LogP contribution is 2.17. The number of carbonyl (C=O) groups excluding carboxylic acids is 2. The quantitative estimate of drug-likeness (QED) is 0.744. The lowest BCUT2D eigenvalue weighted by molar-refractivity contribution is -0.120. The molecule has 7 heteroatoms. The molecule has 0 fully saturated rings. The fourth-order valence-corrected chi connectivity index (χ4v) is 2.35. The zero-order valence-corrected chi connectivity index (χ0v) is 14.5. The van der Waals surface area contributed by atoms with Gasteiger partial charge in [-0.05, 0) is 30.7 Å². The van der Waals surface area contributed by atoms with E-state index in [0.29, 0.717) is 12.1 Å². The van der Waals surface area contributed by atoms with E-state index in [9.17, 15) is 18.4 Å². The highest BCUT2D eigenvalue weighted by atomic mass is 19.1. The minimum absolute atomic E-state index is 0.0156. The molecule has 0 radical (unpaired) electrons. The zero-order chi connectivity index (χ0) is 19.1. The SMILES string of the molecule is COC(=O)c1ccc(CNC(=O)CN[C@@H](C)c2ccc(F)cc2F)cc1. The maximum Gasteiger partial charge on any atom is 0.337 e. The monoisotopic (exact) mass is 362 g/mol. The summed E-state index contributed by atoms with van der Waals surface area (Å²) in [6, 6.07) is 9.56. The first kappa shape index (κ1) is 19.5. The Kier molecular flexibility index (Phi) is 6.80. The third kappa shape index (κ3) is 5.35. The van der Waals surface area contributed by atoms with Gasteiger partial charge in [0, 0.05) is 24.2 Å². The molecule has 138 valence electrons. The van der Waals surface area contributed by atoms with E-state index in [1.54, 1.807) is 31.2 Å². The Morgan fingerprint density at radius 3 is 2.42 bits per heavy atom. The van der Waals surface area contributed by atoms with Gasteiger partial charge in [-0.15, -0.1) is 0 Å². The van der Waals surface area contributed by atoms with Crippen LogP contribution in [0.4, 0.5) is 8.78 Å². The van der Waals surface area contributed by atoms with E-state index in [2.05, 4.69) is 15.4 Å². The van der Waals surface area contributed by atoms with Gasteiger partial charge in [0.05, 0.1) is 19.2 Å². The summed E-state index contributed by atoms with van der Waals surface area (Å²) >= 11 is 0. The van der Waals surface area contributed by atoms with Gasteiger partial charge in [-0.1, -0.05) is 18.2 Å². The fourth-order valence-electron chi connectivity index (χ4n) is 2.35. The third-order valence-electron chi connectivity index (χ3n) is 3.86. The summed E-state index contributed by atoms with van der Waals surface area (Å²) in [5, 5.41) is 5.61. The van der Waals surface area contributed by atoms with Crippen molar-refractivity contribution in [3.05, 3.63) is 70.8 Å². The summed E-state index contributed by atoms with van der Waals surface area (Å²) < 4.78 is 31.2. The molecule has 1 amide bonds. The van der Waals surface area contributed by atoms with E-state index < -0.39 is 23.6 Å². The molecule has 5 nitrogen and oxygen atoms in total. The van der Waals surface area contributed by atoms with Crippen molar-refractivity contribution in [2.75, 3.05) is 13.7 Å². The van der Waals surface area contributed by atoms with Crippen molar-refractivity contribution in [3.63, 3.8) is 0 Å². The van der Waals surface area contributed by atoms with Crippen molar-refractivity contribution in [2.45, 2.75) is 19.5 Å². The van der Waals surface area contributed by atoms with Crippen LogP contribution in [0.2, 0.25) is 0 Å². The van der Waals surface area contributed by atoms with Gasteiger partial charge in [0.15, 0.2) is 0 Å². The molecule has 0 saturated carbocycles. The minimum Gasteiger partial charge on any atom is -0.465 e. The Bertz CT molecular complexity index is 779. The average Bonchev–Trinajstić information content (AvgIpc) is 2.64. The molecule has 26 heavy (non-hydrogen) atoms. The zero-order valence-electron chi connectivity index (χ0n) is 14.5. The first-order chi connectivity index (χ1) is 12.4. The van der Waals surface area contributed by atoms with Crippen LogP contribution in [0.15, 0.2) is 42.5 Å². The molecular formula is C19H20F2N2O3. The number of rotatable bonds is 7. The van der Waals surface area contributed by atoms with Gasteiger partial charge in [-0.2, -0.15) is 0 Å². The second-order valence-electron chi connectivity index (χ2n) is 5.73. The topological polar surface area (TPSA) is 67.4 Å². The number of halogens is 2. The Hall–Kier alpha value is -2.80. The lowest BCUT2D eigenvalue weighted by Crippen LogP contribution is -2.34. The number of hydrogen-bond acceptors (Lipinski definition) is 4. The van der Waals surface area contributed by atoms with Crippen LogP contribution in [0.5, 0.6) is 0 Å². The molecule has 1 atom stereocenters. The van der Waals surface area contributed by atoms with Crippen LogP contribution in [0.25, 0.3) is 0 Å². The molecule has 0 heterocycles. The van der Waals surface area contributed by atoms with Crippen molar-refractivity contribution in [3.8, 4) is 0 Å². The van der Waals surface area contributed by atoms with Crippen molar-refractivity contribution >= 4 is 11.9 Å². The second-order valence-corrected chi connectivity index (χ2v) is 5.73.